The second-order valence-electron chi connectivity index (χ2n) is 16.8. The van der Waals surface area contributed by atoms with Gasteiger partial charge in [-0.3, -0.25) is 9.59 Å². The summed E-state index contributed by atoms with van der Waals surface area (Å²) in [4.78, 5) is 27.4. The third kappa shape index (κ3) is 4.94. The van der Waals surface area contributed by atoms with E-state index in [0.29, 0.717) is 29.6 Å². The van der Waals surface area contributed by atoms with Crippen molar-refractivity contribution in [2.45, 2.75) is 125 Å². The number of allylic oxidation sites excluding steroid dienone is 2. The second kappa shape index (κ2) is 11.2. The molecule has 0 aromatic rings. The van der Waals surface area contributed by atoms with Crippen LogP contribution in [0.25, 0.3) is 0 Å². The summed E-state index contributed by atoms with van der Waals surface area (Å²) in [5, 5.41) is 11.9. The minimum atomic E-state index is -0.698. The second-order valence-corrected chi connectivity index (χ2v) is 16.8. The molecule has 0 radical (unpaired) electrons. The number of methoxy groups -OCH3 is 1. The molecule has 15 atom stereocenters. The molecule has 0 spiro atoms. The van der Waals surface area contributed by atoms with Crippen LogP contribution in [0.5, 0.6) is 0 Å². The van der Waals surface area contributed by atoms with Gasteiger partial charge in [0.2, 0.25) is 0 Å². The Bertz CT molecular complexity index is 1030. The Morgan fingerprint density at radius 2 is 1.73 bits per heavy atom. The zero-order valence-corrected chi connectivity index (χ0v) is 27.6. The molecule has 4 saturated carbocycles. The number of fused-ring (bicyclic) bond motifs is 3. The van der Waals surface area contributed by atoms with Gasteiger partial charge in [0.15, 0.2) is 0 Å². The first-order valence-corrected chi connectivity index (χ1v) is 17.1. The van der Waals surface area contributed by atoms with E-state index >= 15 is 0 Å². The smallest absolute Gasteiger partial charge is 0.140 e. The fraction of sp³-hybridized carbons (Fsp3) is 0.892. The van der Waals surface area contributed by atoms with Crippen molar-refractivity contribution in [3.05, 3.63) is 12.2 Å². The molecule has 5 aliphatic rings. The van der Waals surface area contributed by atoms with Gasteiger partial charge in [0.25, 0.3) is 0 Å². The van der Waals surface area contributed by atoms with Gasteiger partial charge in [0.1, 0.15) is 11.6 Å². The summed E-state index contributed by atoms with van der Waals surface area (Å²) in [5.41, 5.74) is -0.618. The summed E-state index contributed by atoms with van der Waals surface area (Å²) in [6.07, 6.45) is 15.1. The quantitative estimate of drug-likeness (QED) is 0.331. The summed E-state index contributed by atoms with van der Waals surface area (Å²) in [5.74, 6) is 3.05. The Labute approximate surface area is 250 Å². The van der Waals surface area contributed by atoms with Gasteiger partial charge in [0, 0.05) is 30.3 Å². The van der Waals surface area contributed by atoms with Crippen molar-refractivity contribution >= 4 is 11.6 Å². The summed E-state index contributed by atoms with van der Waals surface area (Å²) in [7, 11) is 1.87. The van der Waals surface area contributed by atoms with Gasteiger partial charge >= 0.3 is 0 Å². The highest BCUT2D eigenvalue weighted by Gasteiger charge is 2.70. The monoisotopic (exact) mass is 568 g/mol. The van der Waals surface area contributed by atoms with E-state index in [0.717, 1.165) is 25.2 Å². The molecule has 1 N–H and O–H groups in total. The Morgan fingerprint density at radius 1 is 1.02 bits per heavy atom. The van der Waals surface area contributed by atoms with E-state index in [2.05, 4.69) is 60.6 Å². The van der Waals surface area contributed by atoms with Crippen LogP contribution in [-0.2, 0) is 14.3 Å². The first kappa shape index (κ1) is 31.4. The number of Topliss-reactive ketones (excluding diaryl/α,β-unsaturated/α-hetero) is 2. The fourth-order valence-corrected chi connectivity index (χ4v) is 12.2. The average molecular weight is 569 g/mol. The molecular weight excluding hydrogens is 508 g/mol. The average Bonchev–Trinajstić information content (AvgIpc) is 2.88. The fourth-order valence-electron chi connectivity index (χ4n) is 12.2. The molecular formula is C37H60O4. The zero-order chi connectivity index (χ0) is 30.1. The van der Waals surface area contributed by atoms with Crippen LogP contribution in [-0.4, -0.2) is 36.0 Å². The number of ether oxygens (including phenoxy) is 1. The van der Waals surface area contributed by atoms with Crippen molar-refractivity contribution in [1.29, 1.82) is 0 Å². The van der Waals surface area contributed by atoms with Crippen molar-refractivity contribution in [2.24, 2.45) is 75.4 Å². The lowest BCUT2D eigenvalue weighted by Gasteiger charge is -2.70. The first-order chi connectivity index (χ1) is 19.2. The van der Waals surface area contributed by atoms with E-state index in [1.54, 1.807) is 6.92 Å². The Morgan fingerprint density at radius 3 is 2.39 bits per heavy atom. The number of hydrogen-bond donors (Lipinski definition) is 1. The highest BCUT2D eigenvalue weighted by Crippen LogP contribution is 2.72. The minimum Gasteiger partial charge on any atom is -0.392 e. The summed E-state index contributed by atoms with van der Waals surface area (Å²) in [6.45, 7) is 17.6. The van der Waals surface area contributed by atoms with Crippen LogP contribution in [0.3, 0.4) is 0 Å². The summed E-state index contributed by atoms with van der Waals surface area (Å²) in [6, 6.07) is 0. The zero-order valence-electron chi connectivity index (χ0n) is 27.6. The number of aliphatic hydroxyl groups excluding tert-OH is 1. The van der Waals surface area contributed by atoms with E-state index in [9.17, 15) is 14.7 Å². The third-order valence-corrected chi connectivity index (χ3v) is 14.4. The van der Waals surface area contributed by atoms with Gasteiger partial charge in [0.05, 0.1) is 12.2 Å². The molecule has 0 aromatic heterocycles. The van der Waals surface area contributed by atoms with E-state index in [4.69, 9.17) is 4.74 Å². The van der Waals surface area contributed by atoms with Crippen molar-refractivity contribution in [2.75, 3.05) is 7.11 Å². The van der Waals surface area contributed by atoms with Crippen LogP contribution in [0.1, 0.15) is 113 Å². The number of carbonyl (C=O) groups excluding carboxylic acids is 2. The molecule has 4 heteroatoms. The van der Waals surface area contributed by atoms with Gasteiger partial charge in [-0.25, -0.2) is 0 Å². The van der Waals surface area contributed by atoms with Gasteiger partial charge < -0.3 is 9.84 Å². The molecule has 4 fully saturated rings. The highest BCUT2D eigenvalue weighted by atomic mass is 16.5. The van der Waals surface area contributed by atoms with Gasteiger partial charge in [-0.2, -0.15) is 0 Å². The topological polar surface area (TPSA) is 63.6 Å². The molecule has 0 aromatic carbocycles. The van der Waals surface area contributed by atoms with Gasteiger partial charge in [-0.15, -0.1) is 0 Å². The van der Waals surface area contributed by atoms with Crippen LogP contribution >= 0.6 is 0 Å². The predicted octanol–water partition coefficient (Wildman–Crippen LogP) is 7.92. The number of hydrogen-bond acceptors (Lipinski definition) is 4. The van der Waals surface area contributed by atoms with Crippen LogP contribution in [0.2, 0.25) is 0 Å². The maximum absolute atomic E-state index is 14.7. The number of carbonyl (C=O) groups is 2. The Kier molecular flexibility index (Phi) is 8.56. The minimum absolute atomic E-state index is 0.0445. The lowest BCUT2D eigenvalue weighted by Crippen LogP contribution is -2.69. The maximum atomic E-state index is 14.7. The molecule has 5 rings (SSSR count). The predicted molar refractivity (Wildman–Crippen MR) is 165 cm³/mol. The number of aliphatic hydroxyl groups is 1. The van der Waals surface area contributed by atoms with E-state index in [1.165, 1.54) is 38.5 Å². The third-order valence-electron chi connectivity index (χ3n) is 14.4. The molecule has 0 amide bonds. The molecule has 41 heavy (non-hydrogen) atoms. The van der Waals surface area contributed by atoms with Gasteiger partial charge in [-0.05, 0) is 97.7 Å². The van der Waals surface area contributed by atoms with Crippen molar-refractivity contribution < 1.29 is 19.4 Å². The molecule has 232 valence electrons. The molecule has 0 bridgehead atoms. The van der Waals surface area contributed by atoms with Crippen molar-refractivity contribution in [3.8, 4) is 0 Å². The van der Waals surface area contributed by atoms with E-state index < -0.39 is 11.5 Å². The SMILES string of the molecule is COC1CC(CCCC2C=CC(C)C3C(=O)C4C(C)C5(C)C(O)C(C(C)=O)C(C)CC5(C)CC4(C)CC23)CCC1C. The van der Waals surface area contributed by atoms with Crippen LogP contribution in [0.15, 0.2) is 12.2 Å². The summed E-state index contributed by atoms with van der Waals surface area (Å²) < 4.78 is 5.80. The molecule has 0 saturated heterocycles. The normalized spacial score (nSPS) is 53.3. The standard InChI is InChI=1S/C37H60O4/c1-21-13-15-26(17-29(21)41-9)11-10-12-27-16-14-22(2)31-28(27)19-35(6)20-36(7)18-23(3)30(25(5)38)34(40)37(36,8)24(4)32(35)33(31)39/h14,16,21-24,26-32,34,40H,10-13,15,17-20H2,1-9H3. The van der Waals surface area contributed by atoms with E-state index in [1.807, 2.05) is 7.11 Å². The van der Waals surface area contributed by atoms with Crippen molar-refractivity contribution in [1.82, 2.24) is 0 Å². The molecule has 0 aliphatic heterocycles. The summed E-state index contributed by atoms with van der Waals surface area (Å²) >= 11 is 0. The largest absolute Gasteiger partial charge is 0.392 e. The molecule has 5 aliphatic carbocycles. The number of rotatable bonds is 6. The van der Waals surface area contributed by atoms with Crippen LogP contribution in [0.4, 0.5) is 0 Å². The van der Waals surface area contributed by atoms with Crippen molar-refractivity contribution in [3.63, 3.8) is 0 Å². The van der Waals surface area contributed by atoms with E-state index in [-0.39, 0.29) is 52.1 Å². The number of ketones is 2. The molecule has 0 heterocycles. The Hall–Kier alpha value is -1.00. The molecule has 15 unspecified atom stereocenters. The molecule has 4 nitrogen and oxygen atoms in total. The van der Waals surface area contributed by atoms with Crippen LogP contribution in [0, 0.1) is 75.4 Å². The Balaban J connectivity index is 1.37. The lowest BCUT2D eigenvalue weighted by molar-refractivity contribution is -0.239. The highest BCUT2D eigenvalue weighted by molar-refractivity contribution is 5.87. The maximum Gasteiger partial charge on any atom is 0.140 e. The first-order valence-electron chi connectivity index (χ1n) is 17.1. The van der Waals surface area contributed by atoms with Crippen LogP contribution < -0.4 is 0 Å². The lowest BCUT2D eigenvalue weighted by atomic mass is 9.34. The van der Waals surface area contributed by atoms with Gasteiger partial charge in [-0.1, -0.05) is 79.9 Å².